The zero-order valence-corrected chi connectivity index (χ0v) is 18.5. The molecule has 0 unspecified atom stereocenters. The molecule has 2 heterocycles. The van der Waals surface area contributed by atoms with Crippen LogP contribution in [0.1, 0.15) is 27.0 Å². The largest absolute Gasteiger partial charge is 0.508 e. The zero-order valence-electron chi connectivity index (χ0n) is 17.6. The number of nitrogens with zero attached hydrogens (tertiary/aromatic N) is 1. The number of thiocarbonyl (C=S) groups is 1. The van der Waals surface area contributed by atoms with Gasteiger partial charge in [0.05, 0.1) is 16.4 Å². The van der Waals surface area contributed by atoms with Gasteiger partial charge in [-0.25, -0.2) is 4.79 Å². The third-order valence-electron chi connectivity index (χ3n) is 5.61. The van der Waals surface area contributed by atoms with Gasteiger partial charge in [-0.05, 0) is 54.7 Å². The number of esters is 1. The molecule has 0 saturated heterocycles. The highest BCUT2D eigenvalue weighted by atomic mass is 32.1. The Bertz CT molecular complexity index is 1410. The summed E-state index contributed by atoms with van der Waals surface area (Å²) in [7, 11) is 0. The molecule has 0 radical (unpaired) electrons. The minimum Gasteiger partial charge on any atom is -0.508 e. The van der Waals surface area contributed by atoms with Gasteiger partial charge in [0, 0.05) is 28.8 Å². The lowest BCUT2D eigenvalue weighted by Crippen LogP contribution is -2.32. The van der Waals surface area contributed by atoms with E-state index in [9.17, 15) is 15.0 Å². The number of fused-ring (bicyclic) bond motifs is 6. The molecule has 4 aromatic rings. The number of phenols is 2. The highest BCUT2D eigenvalue weighted by molar-refractivity contribution is 7.78. The summed E-state index contributed by atoms with van der Waals surface area (Å²) in [6, 6.07) is 26.1. The molecule has 6 rings (SSSR count). The number of aromatic hydroxyl groups is 2. The second kappa shape index (κ2) is 8.48. The molecule has 166 valence electrons. The SMILES string of the molecule is O=C1OC2(c3ccc(O)cc3Oc3cc(O)ccc32)c2ccccc21.S=C=Nc1ccccc1. The van der Waals surface area contributed by atoms with Crippen LogP contribution in [0.4, 0.5) is 5.69 Å². The van der Waals surface area contributed by atoms with Gasteiger partial charge in [0.15, 0.2) is 5.60 Å². The molecule has 2 aliphatic rings. The van der Waals surface area contributed by atoms with Crippen molar-refractivity contribution in [1.82, 2.24) is 0 Å². The molecule has 0 aliphatic carbocycles. The van der Waals surface area contributed by atoms with Crippen LogP contribution in [0.15, 0.2) is 96.0 Å². The number of carbonyl (C=O) groups excluding carboxylic acids is 1. The van der Waals surface area contributed by atoms with E-state index < -0.39 is 11.6 Å². The van der Waals surface area contributed by atoms with E-state index in [2.05, 4.69) is 22.4 Å². The Balaban J connectivity index is 0.000000227. The van der Waals surface area contributed by atoms with Crippen LogP contribution in [-0.4, -0.2) is 21.3 Å². The van der Waals surface area contributed by atoms with Gasteiger partial charge in [0.2, 0.25) is 0 Å². The minimum atomic E-state index is -1.17. The Morgan fingerprint density at radius 3 is 1.97 bits per heavy atom. The topological polar surface area (TPSA) is 88.4 Å². The van der Waals surface area contributed by atoms with Crippen molar-refractivity contribution in [3.8, 4) is 23.0 Å². The molecule has 0 amide bonds. The van der Waals surface area contributed by atoms with Crippen molar-refractivity contribution in [3.63, 3.8) is 0 Å². The summed E-state index contributed by atoms with van der Waals surface area (Å²) in [6.07, 6.45) is 0. The highest BCUT2D eigenvalue weighted by Gasteiger charge is 2.53. The highest BCUT2D eigenvalue weighted by Crippen LogP contribution is 2.56. The summed E-state index contributed by atoms with van der Waals surface area (Å²) in [5.74, 6) is 0.408. The standard InChI is InChI=1S/C20H12O5.C7H5NS/c21-11-5-7-15-17(9-11)24-18-10-12(22)6-8-16(18)20(15)14-4-2-1-3-13(14)19(23)25-20;9-6-8-7-4-2-1-3-5-7/h1-10,21-22H;1-5H. The molecular weight excluding hydrogens is 450 g/mol. The summed E-state index contributed by atoms with van der Waals surface area (Å²) in [5.41, 5.74) is 2.14. The molecule has 1 spiro atoms. The van der Waals surface area contributed by atoms with Crippen LogP contribution >= 0.6 is 12.2 Å². The molecule has 0 saturated carbocycles. The van der Waals surface area contributed by atoms with Crippen LogP contribution < -0.4 is 4.74 Å². The van der Waals surface area contributed by atoms with Gasteiger partial charge < -0.3 is 19.7 Å². The number of phenolic OH excluding ortho intramolecular Hbond substituents is 2. The maximum Gasteiger partial charge on any atom is 0.340 e. The zero-order chi connectivity index (χ0) is 23.7. The van der Waals surface area contributed by atoms with Crippen molar-refractivity contribution in [1.29, 1.82) is 0 Å². The first-order valence-electron chi connectivity index (χ1n) is 10.3. The van der Waals surface area contributed by atoms with Gasteiger partial charge in [-0.1, -0.05) is 36.4 Å². The summed E-state index contributed by atoms with van der Waals surface area (Å²) in [6.45, 7) is 0. The fourth-order valence-corrected chi connectivity index (χ4v) is 4.31. The fourth-order valence-electron chi connectivity index (χ4n) is 4.21. The van der Waals surface area contributed by atoms with E-state index in [1.807, 2.05) is 42.5 Å². The average molecular weight is 468 g/mol. The molecule has 0 atom stereocenters. The normalized spacial score (nSPS) is 13.7. The summed E-state index contributed by atoms with van der Waals surface area (Å²) in [4.78, 5) is 16.3. The Morgan fingerprint density at radius 2 is 1.35 bits per heavy atom. The maximum absolute atomic E-state index is 12.5. The van der Waals surface area contributed by atoms with Crippen LogP contribution in [-0.2, 0) is 10.3 Å². The number of isothiocyanates is 1. The molecular formula is C27H17NO5S. The number of benzene rings is 4. The van der Waals surface area contributed by atoms with Crippen molar-refractivity contribution in [3.05, 3.63) is 113 Å². The first kappa shape index (κ1) is 21.4. The molecule has 0 bridgehead atoms. The van der Waals surface area contributed by atoms with Crippen LogP contribution in [0.3, 0.4) is 0 Å². The van der Waals surface area contributed by atoms with Crippen LogP contribution in [0.5, 0.6) is 23.0 Å². The summed E-state index contributed by atoms with van der Waals surface area (Å²) < 4.78 is 11.8. The van der Waals surface area contributed by atoms with E-state index in [1.165, 1.54) is 24.3 Å². The van der Waals surface area contributed by atoms with Crippen molar-refractivity contribution in [2.45, 2.75) is 5.60 Å². The number of rotatable bonds is 1. The Morgan fingerprint density at radius 1 is 0.765 bits per heavy atom. The van der Waals surface area contributed by atoms with Crippen LogP contribution in [0.2, 0.25) is 0 Å². The Kier molecular flexibility index (Phi) is 5.34. The molecule has 6 nitrogen and oxygen atoms in total. The number of aliphatic imine (C=N–C) groups is 1. The lowest BCUT2D eigenvalue weighted by atomic mass is 9.77. The fraction of sp³-hybridized carbons (Fsp3) is 0.0370. The van der Waals surface area contributed by atoms with Crippen molar-refractivity contribution >= 4 is 29.0 Å². The first-order chi connectivity index (χ1) is 16.5. The van der Waals surface area contributed by atoms with Crippen LogP contribution in [0.25, 0.3) is 0 Å². The van der Waals surface area contributed by atoms with E-state index >= 15 is 0 Å². The number of carbonyl (C=O) groups is 1. The monoisotopic (exact) mass is 467 g/mol. The quantitative estimate of drug-likeness (QED) is 0.200. The van der Waals surface area contributed by atoms with Gasteiger partial charge in [0.1, 0.15) is 23.0 Å². The lowest BCUT2D eigenvalue weighted by molar-refractivity contribution is 0.0224. The van der Waals surface area contributed by atoms with Crippen molar-refractivity contribution in [2.24, 2.45) is 4.99 Å². The van der Waals surface area contributed by atoms with E-state index in [-0.39, 0.29) is 11.5 Å². The van der Waals surface area contributed by atoms with Gasteiger partial charge in [-0.3, -0.25) is 0 Å². The predicted molar refractivity (Wildman–Crippen MR) is 129 cm³/mol. The van der Waals surface area contributed by atoms with E-state index in [1.54, 1.807) is 24.3 Å². The minimum absolute atomic E-state index is 0.0371. The molecule has 4 aromatic carbocycles. The van der Waals surface area contributed by atoms with Crippen LogP contribution in [0, 0.1) is 0 Å². The molecule has 2 aliphatic heterocycles. The second-order valence-corrected chi connectivity index (χ2v) is 7.80. The molecule has 0 aromatic heterocycles. The first-order valence-corrected chi connectivity index (χ1v) is 10.7. The Labute approximate surface area is 200 Å². The second-order valence-electron chi connectivity index (χ2n) is 7.62. The summed E-state index contributed by atoms with van der Waals surface area (Å²) >= 11 is 4.42. The molecule has 34 heavy (non-hydrogen) atoms. The van der Waals surface area contributed by atoms with Gasteiger partial charge in [0.25, 0.3) is 0 Å². The van der Waals surface area contributed by atoms with E-state index in [0.717, 1.165) is 5.69 Å². The number of ether oxygens (including phenoxy) is 2. The number of hydrogen-bond acceptors (Lipinski definition) is 7. The molecule has 0 fully saturated rings. The summed E-state index contributed by atoms with van der Waals surface area (Å²) in [5, 5.41) is 22.0. The van der Waals surface area contributed by atoms with E-state index in [0.29, 0.717) is 33.8 Å². The molecule has 7 heteroatoms. The lowest BCUT2D eigenvalue weighted by Gasteiger charge is -2.36. The third kappa shape index (κ3) is 3.49. The number of para-hydroxylation sites is 1. The molecule has 2 N–H and O–H groups in total. The van der Waals surface area contributed by atoms with Gasteiger partial charge in [-0.15, -0.1) is 0 Å². The number of hydrogen-bond donors (Lipinski definition) is 2. The third-order valence-corrected chi connectivity index (χ3v) is 5.70. The predicted octanol–water partition coefficient (Wildman–Crippen LogP) is 6.09. The van der Waals surface area contributed by atoms with Gasteiger partial charge in [-0.2, -0.15) is 4.99 Å². The van der Waals surface area contributed by atoms with E-state index in [4.69, 9.17) is 9.47 Å². The smallest absolute Gasteiger partial charge is 0.340 e. The van der Waals surface area contributed by atoms with Crippen molar-refractivity contribution < 1.29 is 24.5 Å². The maximum atomic E-state index is 12.5. The average Bonchev–Trinajstić information content (AvgIpc) is 3.13. The van der Waals surface area contributed by atoms with Gasteiger partial charge >= 0.3 is 5.97 Å². The Hall–Kier alpha value is -4.45. The van der Waals surface area contributed by atoms with Crippen molar-refractivity contribution in [2.75, 3.05) is 0 Å².